The minimum Gasteiger partial charge on any atom is -0.497 e. The largest absolute Gasteiger partial charge is 0.497 e. The molecule has 2 aromatic carbocycles. The maximum absolute atomic E-state index is 5.45. The van der Waals surface area contributed by atoms with Crippen LogP contribution in [-0.2, 0) is 24.1 Å². The number of aryl methyl sites for hydroxylation is 1. The number of nitrogens with zero attached hydrogens (tertiary/aromatic N) is 2. The predicted molar refractivity (Wildman–Crippen MR) is 103 cm³/mol. The van der Waals surface area contributed by atoms with E-state index in [1.807, 2.05) is 12.5 Å². The Morgan fingerprint density at radius 3 is 2.84 bits per heavy atom. The summed E-state index contributed by atoms with van der Waals surface area (Å²) in [6.45, 7) is 0.923. The summed E-state index contributed by atoms with van der Waals surface area (Å²) in [6, 6.07) is 17.4. The molecular formula is C21H22N2OS. The first-order valence-electron chi connectivity index (χ1n) is 8.60. The van der Waals surface area contributed by atoms with Crippen molar-refractivity contribution in [2.24, 2.45) is 0 Å². The lowest BCUT2D eigenvalue weighted by Gasteiger charge is -2.39. The molecule has 1 aliphatic rings. The summed E-state index contributed by atoms with van der Waals surface area (Å²) < 4.78 is 7.67. The van der Waals surface area contributed by atoms with Crippen LogP contribution in [0.1, 0.15) is 16.7 Å². The van der Waals surface area contributed by atoms with E-state index < -0.39 is 0 Å². The molecule has 1 aliphatic heterocycles. The molecule has 0 spiro atoms. The van der Waals surface area contributed by atoms with E-state index in [4.69, 9.17) is 4.74 Å². The molecule has 0 saturated carbocycles. The van der Waals surface area contributed by atoms with Gasteiger partial charge >= 0.3 is 0 Å². The first-order valence-corrected chi connectivity index (χ1v) is 9.59. The van der Waals surface area contributed by atoms with E-state index in [0.717, 1.165) is 30.9 Å². The van der Waals surface area contributed by atoms with Crippen molar-refractivity contribution < 1.29 is 4.74 Å². The van der Waals surface area contributed by atoms with Gasteiger partial charge in [-0.2, -0.15) is 0 Å². The van der Waals surface area contributed by atoms with Gasteiger partial charge in [-0.25, -0.2) is 4.98 Å². The molecule has 4 heteroatoms. The topological polar surface area (TPSA) is 27.1 Å². The predicted octanol–water partition coefficient (Wildman–Crippen LogP) is 4.32. The first-order chi connectivity index (χ1) is 12.3. The molecule has 1 unspecified atom stereocenters. The van der Waals surface area contributed by atoms with Crippen LogP contribution in [-0.4, -0.2) is 22.4 Å². The molecule has 3 nitrogen and oxygen atoms in total. The second-order valence-electron chi connectivity index (χ2n) is 6.51. The van der Waals surface area contributed by atoms with Gasteiger partial charge in [0.05, 0.1) is 18.2 Å². The van der Waals surface area contributed by atoms with Crippen LogP contribution in [0.5, 0.6) is 5.75 Å². The summed E-state index contributed by atoms with van der Waals surface area (Å²) in [4.78, 5) is 4.24. The quantitative estimate of drug-likeness (QED) is 0.686. The molecule has 0 bridgehead atoms. The Labute approximate surface area is 153 Å². The van der Waals surface area contributed by atoms with Gasteiger partial charge in [-0.15, -0.1) is 11.8 Å². The molecule has 1 aromatic heterocycles. The fourth-order valence-corrected chi connectivity index (χ4v) is 5.29. The molecule has 1 atom stereocenters. The second-order valence-corrected chi connectivity index (χ2v) is 7.99. The standard InChI is InChI=1S/C21H22N2OS/c1-24-19-7-8-20-18(13-19)9-12-25-21(20,15-23-11-10-22-16-23)14-17-5-3-2-4-6-17/h2-8,10-11,13,16H,9,12,14-15H2,1H3. The smallest absolute Gasteiger partial charge is 0.119 e. The zero-order valence-electron chi connectivity index (χ0n) is 14.4. The third kappa shape index (κ3) is 3.31. The van der Waals surface area contributed by atoms with Crippen molar-refractivity contribution in [3.63, 3.8) is 0 Å². The van der Waals surface area contributed by atoms with Gasteiger partial charge in [-0.05, 0) is 47.4 Å². The molecule has 25 heavy (non-hydrogen) atoms. The van der Waals surface area contributed by atoms with Crippen molar-refractivity contribution >= 4 is 11.8 Å². The van der Waals surface area contributed by atoms with Crippen molar-refractivity contribution in [1.82, 2.24) is 9.55 Å². The molecule has 4 rings (SSSR count). The molecule has 128 valence electrons. The van der Waals surface area contributed by atoms with Crippen LogP contribution in [0, 0.1) is 0 Å². The van der Waals surface area contributed by atoms with Gasteiger partial charge in [0.1, 0.15) is 5.75 Å². The number of benzene rings is 2. The van der Waals surface area contributed by atoms with Gasteiger partial charge in [-0.1, -0.05) is 36.4 Å². The van der Waals surface area contributed by atoms with E-state index >= 15 is 0 Å². The summed E-state index contributed by atoms with van der Waals surface area (Å²) in [6.07, 6.45) is 7.95. The van der Waals surface area contributed by atoms with Crippen LogP contribution >= 0.6 is 11.8 Å². The summed E-state index contributed by atoms with van der Waals surface area (Å²) in [5, 5.41) is 0. The maximum atomic E-state index is 5.45. The summed E-state index contributed by atoms with van der Waals surface area (Å²) in [5.41, 5.74) is 4.22. The van der Waals surface area contributed by atoms with Gasteiger partial charge in [0.15, 0.2) is 0 Å². The molecule has 2 heterocycles. The summed E-state index contributed by atoms with van der Waals surface area (Å²) >= 11 is 2.07. The highest BCUT2D eigenvalue weighted by molar-refractivity contribution is 8.00. The van der Waals surface area contributed by atoms with Crippen LogP contribution in [0.4, 0.5) is 0 Å². The highest BCUT2D eigenvalue weighted by Gasteiger charge is 2.38. The van der Waals surface area contributed by atoms with Crippen LogP contribution in [0.15, 0.2) is 67.3 Å². The van der Waals surface area contributed by atoms with Gasteiger partial charge in [0.25, 0.3) is 0 Å². The first kappa shape index (κ1) is 16.3. The summed E-state index contributed by atoms with van der Waals surface area (Å²) in [7, 11) is 1.74. The van der Waals surface area contributed by atoms with Crippen molar-refractivity contribution in [3.8, 4) is 5.75 Å². The zero-order chi connectivity index (χ0) is 17.1. The number of imidazole rings is 1. The molecule has 0 saturated heterocycles. The minimum atomic E-state index is 0.0158. The Morgan fingerprint density at radius 2 is 2.08 bits per heavy atom. The monoisotopic (exact) mass is 350 g/mol. The van der Waals surface area contributed by atoms with Crippen molar-refractivity contribution in [2.75, 3.05) is 12.9 Å². The Hall–Kier alpha value is -2.20. The van der Waals surface area contributed by atoms with Crippen molar-refractivity contribution in [3.05, 3.63) is 83.9 Å². The lowest BCUT2D eigenvalue weighted by Crippen LogP contribution is -2.35. The van der Waals surface area contributed by atoms with Gasteiger partial charge in [0.2, 0.25) is 0 Å². The Bertz CT molecular complexity index is 832. The van der Waals surface area contributed by atoms with E-state index in [-0.39, 0.29) is 4.75 Å². The van der Waals surface area contributed by atoms with Crippen LogP contribution in [0.2, 0.25) is 0 Å². The van der Waals surface area contributed by atoms with Crippen LogP contribution in [0.3, 0.4) is 0 Å². The van der Waals surface area contributed by atoms with Crippen molar-refractivity contribution in [2.45, 2.75) is 24.1 Å². The van der Waals surface area contributed by atoms with Crippen LogP contribution in [0.25, 0.3) is 0 Å². The van der Waals surface area contributed by atoms with Gasteiger partial charge in [0, 0.05) is 18.9 Å². The minimum absolute atomic E-state index is 0.0158. The molecule has 3 aromatic rings. The molecular weight excluding hydrogens is 328 g/mol. The SMILES string of the molecule is COc1ccc2c(c1)CCSC2(Cc1ccccc1)Cn1ccnc1. The molecule has 0 radical (unpaired) electrons. The lowest BCUT2D eigenvalue weighted by atomic mass is 9.86. The van der Waals surface area contributed by atoms with Gasteiger partial charge in [-0.3, -0.25) is 0 Å². The van der Waals surface area contributed by atoms with Crippen molar-refractivity contribution in [1.29, 1.82) is 0 Å². The second kappa shape index (κ2) is 6.96. The lowest BCUT2D eigenvalue weighted by molar-refractivity contribution is 0.413. The number of hydrogen-bond donors (Lipinski definition) is 0. The number of thioether (sulfide) groups is 1. The number of fused-ring (bicyclic) bond motifs is 1. The summed E-state index contributed by atoms with van der Waals surface area (Å²) in [5.74, 6) is 2.07. The van der Waals surface area contributed by atoms with E-state index in [1.54, 1.807) is 7.11 Å². The van der Waals surface area contributed by atoms with Crippen LogP contribution < -0.4 is 4.74 Å². The average molecular weight is 350 g/mol. The number of ether oxygens (including phenoxy) is 1. The Balaban J connectivity index is 1.79. The van der Waals surface area contributed by atoms with E-state index in [2.05, 4.69) is 76.0 Å². The highest BCUT2D eigenvalue weighted by Crippen LogP contribution is 2.47. The van der Waals surface area contributed by atoms with E-state index in [1.165, 1.54) is 16.7 Å². The number of hydrogen-bond acceptors (Lipinski definition) is 3. The molecule has 0 amide bonds. The average Bonchev–Trinajstić information content (AvgIpc) is 3.15. The van der Waals surface area contributed by atoms with E-state index in [0.29, 0.717) is 0 Å². The Kier molecular flexibility index (Phi) is 4.53. The zero-order valence-corrected chi connectivity index (χ0v) is 15.2. The third-order valence-corrected chi connectivity index (χ3v) is 6.34. The highest BCUT2D eigenvalue weighted by atomic mass is 32.2. The fourth-order valence-electron chi connectivity index (χ4n) is 3.72. The molecule has 0 aliphatic carbocycles. The molecule has 0 fully saturated rings. The Morgan fingerprint density at radius 1 is 1.20 bits per heavy atom. The molecule has 0 N–H and O–H groups in total. The number of aromatic nitrogens is 2. The van der Waals surface area contributed by atoms with E-state index in [9.17, 15) is 0 Å². The maximum Gasteiger partial charge on any atom is 0.119 e. The fraction of sp³-hybridized carbons (Fsp3) is 0.286. The number of rotatable bonds is 5. The number of methoxy groups -OCH3 is 1. The normalized spacial score (nSPS) is 19.4. The van der Waals surface area contributed by atoms with Gasteiger partial charge < -0.3 is 9.30 Å². The third-order valence-electron chi connectivity index (χ3n) is 4.88.